The van der Waals surface area contributed by atoms with E-state index < -0.39 is 10.0 Å². The van der Waals surface area contributed by atoms with Crippen LogP contribution in [0.15, 0.2) is 34.3 Å². The van der Waals surface area contributed by atoms with Crippen LogP contribution in [0.1, 0.15) is 33.1 Å². The summed E-state index contributed by atoms with van der Waals surface area (Å²) in [5.41, 5.74) is 0.766. The number of carbonyl (C=O) groups is 1. The molecule has 0 aliphatic carbocycles. The van der Waals surface area contributed by atoms with Crippen LogP contribution >= 0.6 is 11.8 Å². The second-order valence-electron chi connectivity index (χ2n) is 8.62. The number of likely N-dealkylation sites (tertiary alicyclic amines) is 1. The lowest BCUT2D eigenvalue weighted by atomic mass is 9.98. The maximum absolute atomic E-state index is 12.8. The first-order valence-electron chi connectivity index (χ1n) is 11.3. The highest BCUT2D eigenvalue weighted by atomic mass is 32.2. The summed E-state index contributed by atoms with van der Waals surface area (Å²) in [6.45, 7) is 5.77. The minimum Gasteiger partial charge on any atom is -0.379 e. The fourth-order valence-electron chi connectivity index (χ4n) is 4.52. The normalized spacial score (nSPS) is 22.5. The van der Waals surface area contributed by atoms with E-state index in [9.17, 15) is 13.2 Å². The molecule has 1 aromatic heterocycles. The van der Waals surface area contributed by atoms with Crippen molar-refractivity contribution in [2.75, 3.05) is 32.1 Å². The zero-order valence-corrected chi connectivity index (χ0v) is 20.9. The van der Waals surface area contributed by atoms with Crippen molar-refractivity contribution in [1.29, 1.82) is 0 Å². The third kappa shape index (κ3) is 5.11. The molecule has 0 bridgehead atoms. The number of rotatable bonds is 6. The summed E-state index contributed by atoms with van der Waals surface area (Å²) in [7, 11) is -1.69. The molecule has 0 radical (unpaired) electrons. The van der Waals surface area contributed by atoms with E-state index in [1.807, 2.05) is 16.5 Å². The molecule has 33 heavy (non-hydrogen) atoms. The van der Waals surface area contributed by atoms with E-state index in [-0.39, 0.29) is 22.9 Å². The highest BCUT2D eigenvalue weighted by molar-refractivity contribution is 7.99. The van der Waals surface area contributed by atoms with Crippen LogP contribution in [0.5, 0.6) is 0 Å². The monoisotopic (exact) mass is 493 g/mol. The van der Waals surface area contributed by atoms with Crippen molar-refractivity contribution >= 4 is 27.7 Å². The molecule has 2 aliphatic heterocycles. The molecular weight excluding hydrogens is 462 g/mol. The maximum Gasteiger partial charge on any atom is 0.243 e. The van der Waals surface area contributed by atoms with Crippen molar-refractivity contribution in [3.8, 4) is 11.4 Å². The van der Waals surface area contributed by atoms with E-state index in [1.54, 1.807) is 24.3 Å². The SMILES string of the molecule is C[C@@H]1CCC[C@H](C)N1C(=O)CSc1nnc(-c2ccc(S(=O)(=O)N3CCOCC3)cc2)n1C. The molecule has 2 saturated heterocycles. The van der Waals surface area contributed by atoms with Crippen LogP contribution in [0.2, 0.25) is 0 Å². The van der Waals surface area contributed by atoms with E-state index in [1.165, 1.54) is 22.5 Å². The van der Waals surface area contributed by atoms with E-state index in [4.69, 9.17) is 4.74 Å². The molecule has 180 valence electrons. The smallest absolute Gasteiger partial charge is 0.243 e. The number of sulfonamides is 1. The highest BCUT2D eigenvalue weighted by Gasteiger charge is 2.29. The van der Waals surface area contributed by atoms with Gasteiger partial charge in [0.1, 0.15) is 0 Å². The fraction of sp³-hybridized carbons (Fsp3) is 0.591. The Bertz CT molecular complexity index is 1070. The van der Waals surface area contributed by atoms with Crippen LogP contribution in [0.25, 0.3) is 11.4 Å². The number of carbonyl (C=O) groups excluding carboxylic acids is 1. The summed E-state index contributed by atoms with van der Waals surface area (Å²) in [5.74, 6) is 1.07. The van der Waals surface area contributed by atoms with Crippen LogP contribution < -0.4 is 0 Å². The van der Waals surface area contributed by atoms with Crippen LogP contribution in [0.3, 0.4) is 0 Å². The number of ether oxygens (including phenoxy) is 1. The van der Waals surface area contributed by atoms with Gasteiger partial charge >= 0.3 is 0 Å². The number of morpholine rings is 1. The molecule has 2 atom stereocenters. The molecule has 3 heterocycles. The minimum atomic E-state index is -3.54. The number of hydrogen-bond donors (Lipinski definition) is 0. The molecule has 0 N–H and O–H groups in total. The number of hydrogen-bond acceptors (Lipinski definition) is 7. The molecule has 1 aromatic carbocycles. The van der Waals surface area contributed by atoms with Crippen molar-refractivity contribution in [3.05, 3.63) is 24.3 Å². The first-order chi connectivity index (χ1) is 15.8. The molecular formula is C22H31N5O4S2. The number of thioether (sulfide) groups is 1. The lowest BCUT2D eigenvalue weighted by Gasteiger charge is -2.39. The van der Waals surface area contributed by atoms with Gasteiger partial charge < -0.3 is 14.2 Å². The predicted molar refractivity (Wildman–Crippen MR) is 126 cm³/mol. The standard InChI is InChI=1S/C22H31N5O4S2/c1-16-5-4-6-17(2)27(16)20(28)15-32-22-24-23-21(25(22)3)18-7-9-19(10-8-18)33(29,30)26-11-13-31-14-12-26/h7-10,16-17H,4-6,11-15H2,1-3H3/t16-,17+. The van der Waals surface area contributed by atoms with Gasteiger partial charge in [-0.3, -0.25) is 4.79 Å². The average Bonchev–Trinajstić information content (AvgIpc) is 3.18. The van der Waals surface area contributed by atoms with E-state index in [0.29, 0.717) is 43.0 Å². The lowest BCUT2D eigenvalue weighted by Crippen LogP contribution is -2.48. The van der Waals surface area contributed by atoms with Gasteiger partial charge in [-0.1, -0.05) is 11.8 Å². The number of nitrogens with zero attached hydrogens (tertiary/aromatic N) is 5. The largest absolute Gasteiger partial charge is 0.379 e. The van der Waals surface area contributed by atoms with Crippen LogP contribution in [0, 0.1) is 0 Å². The Morgan fingerprint density at radius 2 is 1.73 bits per heavy atom. The Balaban J connectivity index is 1.43. The van der Waals surface area contributed by atoms with Crippen molar-refractivity contribution < 1.29 is 17.9 Å². The van der Waals surface area contributed by atoms with Gasteiger partial charge in [0.05, 0.1) is 23.9 Å². The van der Waals surface area contributed by atoms with E-state index in [2.05, 4.69) is 24.0 Å². The molecule has 4 rings (SSSR count). The third-order valence-electron chi connectivity index (χ3n) is 6.36. The minimum absolute atomic E-state index is 0.127. The number of aromatic nitrogens is 3. The summed E-state index contributed by atoms with van der Waals surface area (Å²) in [6.07, 6.45) is 3.26. The maximum atomic E-state index is 12.8. The molecule has 2 aromatic rings. The van der Waals surface area contributed by atoms with Gasteiger partial charge in [0.15, 0.2) is 11.0 Å². The second kappa shape index (κ2) is 10.1. The van der Waals surface area contributed by atoms with Gasteiger partial charge in [0, 0.05) is 37.8 Å². The average molecular weight is 494 g/mol. The Kier molecular flexibility index (Phi) is 7.42. The van der Waals surface area contributed by atoms with Crippen LogP contribution in [-0.4, -0.2) is 82.4 Å². The van der Waals surface area contributed by atoms with Crippen molar-refractivity contribution in [1.82, 2.24) is 24.0 Å². The molecule has 2 fully saturated rings. The molecule has 0 saturated carbocycles. The summed E-state index contributed by atoms with van der Waals surface area (Å²) in [5, 5.41) is 9.19. The Morgan fingerprint density at radius 3 is 2.36 bits per heavy atom. The van der Waals surface area contributed by atoms with E-state index >= 15 is 0 Å². The Hall–Kier alpha value is -1.95. The molecule has 2 aliphatic rings. The topological polar surface area (TPSA) is 97.6 Å². The molecule has 9 nitrogen and oxygen atoms in total. The summed E-state index contributed by atoms with van der Waals surface area (Å²) in [6, 6.07) is 7.23. The van der Waals surface area contributed by atoms with Crippen molar-refractivity contribution in [3.63, 3.8) is 0 Å². The molecule has 0 unspecified atom stereocenters. The first-order valence-corrected chi connectivity index (χ1v) is 13.7. The summed E-state index contributed by atoms with van der Waals surface area (Å²) >= 11 is 1.38. The predicted octanol–water partition coefficient (Wildman–Crippen LogP) is 2.38. The van der Waals surface area contributed by atoms with Gasteiger partial charge in [0.2, 0.25) is 15.9 Å². The number of piperidine rings is 1. The van der Waals surface area contributed by atoms with Gasteiger partial charge in [0.25, 0.3) is 0 Å². The summed E-state index contributed by atoms with van der Waals surface area (Å²) in [4.78, 5) is 15.1. The van der Waals surface area contributed by atoms with Crippen LogP contribution in [-0.2, 0) is 26.6 Å². The van der Waals surface area contributed by atoms with Crippen molar-refractivity contribution in [2.24, 2.45) is 7.05 Å². The van der Waals surface area contributed by atoms with Gasteiger partial charge in [-0.2, -0.15) is 4.31 Å². The summed E-state index contributed by atoms with van der Waals surface area (Å²) < 4.78 is 34.2. The van der Waals surface area contributed by atoms with Gasteiger partial charge in [-0.25, -0.2) is 8.42 Å². The molecule has 1 amide bonds. The first kappa shape index (κ1) is 24.2. The van der Waals surface area contributed by atoms with Gasteiger partial charge in [-0.05, 0) is 57.4 Å². The number of benzene rings is 1. The van der Waals surface area contributed by atoms with Crippen molar-refractivity contribution in [2.45, 2.75) is 55.2 Å². The molecule has 11 heteroatoms. The van der Waals surface area contributed by atoms with Crippen LogP contribution in [0.4, 0.5) is 0 Å². The quantitative estimate of drug-likeness (QED) is 0.570. The second-order valence-corrected chi connectivity index (χ2v) is 11.5. The van der Waals surface area contributed by atoms with Gasteiger partial charge in [-0.15, -0.1) is 10.2 Å². The fourth-order valence-corrected chi connectivity index (χ4v) is 6.71. The zero-order valence-electron chi connectivity index (χ0n) is 19.3. The lowest BCUT2D eigenvalue weighted by molar-refractivity contribution is -0.134. The number of amides is 1. The Morgan fingerprint density at radius 1 is 1.09 bits per heavy atom. The zero-order chi connectivity index (χ0) is 23.6. The highest BCUT2D eigenvalue weighted by Crippen LogP contribution is 2.27. The Labute approximate surface area is 199 Å². The van der Waals surface area contributed by atoms with E-state index in [0.717, 1.165) is 18.4 Å². The third-order valence-corrected chi connectivity index (χ3v) is 9.28. The molecule has 0 spiro atoms.